The summed E-state index contributed by atoms with van der Waals surface area (Å²) in [5, 5.41) is 15.5. The van der Waals surface area contributed by atoms with Crippen LogP contribution < -0.4 is 11.6 Å². The van der Waals surface area contributed by atoms with Crippen LogP contribution in [0.25, 0.3) is 43.6 Å². The summed E-state index contributed by atoms with van der Waals surface area (Å²) in [5.41, 5.74) is 7.33. The van der Waals surface area contributed by atoms with Gasteiger partial charge in [-0.3, -0.25) is 9.59 Å². The van der Waals surface area contributed by atoms with Gasteiger partial charge >= 0.3 is 0 Å². The molecule has 3 aliphatic heterocycles. The molecule has 8 rings (SSSR count). The van der Waals surface area contributed by atoms with Crippen molar-refractivity contribution in [2.75, 3.05) is 6.54 Å². The second-order valence-corrected chi connectivity index (χ2v) is 9.91. The molecule has 9 nitrogen and oxygen atoms in total. The lowest BCUT2D eigenvalue weighted by Gasteiger charge is -2.39. The van der Waals surface area contributed by atoms with Crippen LogP contribution in [0.1, 0.15) is 40.3 Å². The van der Waals surface area contributed by atoms with E-state index in [1.54, 1.807) is 0 Å². The van der Waals surface area contributed by atoms with Crippen molar-refractivity contribution >= 4 is 55.4 Å². The molecule has 0 saturated carbocycles. The predicted octanol–water partition coefficient (Wildman–Crippen LogP) is 2.67. The number of fused-ring (bicyclic) bond motifs is 13. The summed E-state index contributed by atoms with van der Waals surface area (Å²) in [7, 11) is 0. The Morgan fingerprint density at radius 2 is 1.54 bits per heavy atom. The van der Waals surface area contributed by atoms with Crippen molar-refractivity contribution < 1.29 is 19.4 Å². The molecule has 5 aromatic rings. The number of hydrogen-bond donors (Lipinski definition) is 3. The summed E-state index contributed by atoms with van der Waals surface area (Å²) >= 11 is 0. The van der Waals surface area contributed by atoms with Crippen LogP contribution in [0.15, 0.2) is 48.5 Å². The lowest BCUT2D eigenvalue weighted by Crippen LogP contribution is -2.55. The first kappa shape index (κ1) is 19.5. The third kappa shape index (κ3) is 1.85. The number of aromatic nitrogens is 2. The number of hydrazine groups is 1. The van der Waals surface area contributed by atoms with Crippen molar-refractivity contribution in [2.45, 2.75) is 30.9 Å². The maximum atomic E-state index is 13.5. The van der Waals surface area contributed by atoms with Crippen LogP contribution in [0.3, 0.4) is 0 Å². The number of para-hydroxylation sites is 2. The summed E-state index contributed by atoms with van der Waals surface area (Å²) < 4.78 is 10.7. The maximum absolute atomic E-state index is 13.5. The lowest BCUT2D eigenvalue weighted by atomic mass is 9.89. The fourth-order valence-corrected chi connectivity index (χ4v) is 6.79. The molecule has 2 aromatic heterocycles. The van der Waals surface area contributed by atoms with Gasteiger partial charge in [0.05, 0.1) is 33.2 Å². The van der Waals surface area contributed by atoms with Crippen LogP contribution in [-0.4, -0.2) is 43.2 Å². The molecule has 174 valence electrons. The van der Waals surface area contributed by atoms with Gasteiger partial charge in [-0.05, 0) is 19.1 Å². The number of carbonyl (C=O) groups is 2. The molecule has 3 aliphatic rings. The monoisotopic (exact) mass is 467 g/mol. The van der Waals surface area contributed by atoms with Crippen molar-refractivity contribution in [3.63, 3.8) is 0 Å². The molecule has 1 fully saturated rings. The van der Waals surface area contributed by atoms with Crippen LogP contribution >= 0.6 is 0 Å². The van der Waals surface area contributed by atoms with E-state index in [0.29, 0.717) is 21.3 Å². The van der Waals surface area contributed by atoms with Gasteiger partial charge in [0.1, 0.15) is 11.8 Å². The SMILES string of the molecule is C[C@]12O[C@H](C[C@@]1(O)CN)n1c3ccccc3c3c4c(c5c6ccccc6n2c5c31)C(=O)N(N)C4=O. The van der Waals surface area contributed by atoms with Gasteiger partial charge in [-0.15, -0.1) is 0 Å². The van der Waals surface area contributed by atoms with Crippen molar-refractivity contribution in [1.29, 1.82) is 0 Å². The van der Waals surface area contributed by atoms with Gasteiger partial charge < -0.3 is 24.7 Å². The fraction of sp³-hybridized carbons (Fsp3) is 0.231. The van der Waals surface area contributed by atoms with Crippen molar-refractivity contribution in [3.8, 4) is 0 Å². The van der Waals surface area contributed by atoms with E-state index < -0.39 is 29.4 Å². The number of rotatable bonds is 1. The summed E-state index contributed by atoms with van der Waals surface area (Å²) in [5.74, 6) is 4.94. The average molecular weight is 467 g/mol. The summed E-state index contributed by atoms with van der Waals surface area (Å²) in [6.45, 7) is 1.84. The number of ether oxygens (including phenoxy) is 1. The minimum atomic E-state index is -1.37. The molecule has 0 aliphatic carbocycles. The largest absolute Gasteiger partial charge is 0.383 e. The van der Waals surface area contributed by atoms with Gasteiger partial charge in [0, 0.05) is 34.5 Å². The Kier molecular flexibility index (Phi) is 3.19. The van der Waals surface area contributed by atoms with E-state index in [2.05, 4.69) is 4.57 Å². The highest BCUT2D eigenvalue weighted by molar-refractivity contribution is 6.39. The van der Waals surface area contributed by atoms with Crippen molar-refractivity contribution in [3.05, 3.63) is 59.7 Å². The second-order valence-electron chi connectivity index (χ2n) is 9.91. The number of aliphatic hydroxyl groups is 1. The van der Waals surface area contributed by atoms with Gasteiger partial charge in [-0.2, -0.15) is 0 Å². The van der Waals surface area contributed by atoms with Crippen LogP contribution in [0, 0.1) is 0 Å². The number of benzene rings is 3. The molecule has 3 aromatic carbocycles. The zero-order valence-corrected chi connectivity index (χ0v) is 18.8. The van der Waals surface area contributed by atoms with Crippen molar-refractivity contribution in [1.82, 2.24) is 14.1 Å². The number of amides is 2. The normalized spacial score (nSPS) is 27.3. The van der Waals surface area contributed by atoms with E-state index >= 15 is 0 Å². The molecule has 3 atom stereocenters. The highest BCUT2D eigenvalue weighted by atomic mass is 16.6. The minimum Gasteiger partial charge on any atom is -0.383 e. The highest BCUT2D eigenvalue weighted by Gasteiger charge is 2.60. The van der Waals surface area contributed by atoms with E-state index in [-0.39, 0.29) is 18.5 Å². The molecule has 9 heteroatoms. The topological polar surface area (TPSA) is 129 Å². The fourth-order valence-electron chi connectivity index (χ4n) is 6.79. The maximum Gasteiger partial charge on any atom is 0.276 e. The summed E-state index contributed by atoms with van der Waals surface area (Å²) in [6, 6.07) is 15.4. The van der Waals surface area contributed by atoms with Gasteiger partial charge in [0.15, 0.2) is 5.72 Å². The van der Waals surface area contributed by atoms with E-state index in [0.717, 1.165) is 32.8 Å². The zero-order valence-electron chi connectivity index (χ0n) is 18.8. The lowest BCUT2D eigenvalue weighted by molar-refractivity contribution is -0.173. The van der Waals surface area contributed by atoms with Crippen LogP contribution in [-0.2, 0) is 10.5 Å². The third-order valence-corrected chi connectivity index (χ3v) is 8.42. The molecule has 1 saturated heterocycles. The molecule has 0 unspecified atom stereocenters. The predicted molar refractivity (Wildman–Crippen MR) is 130 cm³/mol. The van der Waals surface area contributed by atoms with Crippen molar-refractivity contribution in [2.24, 2.45) is 11.6 Å². The molecule has 2 amide bonds. The first-order valence-electron chi connectivity index (χ1n) is 11.6. The Hall–Kier alpha value is -3.76. The summed E-state index contributed by atoms with van der Waals surface area (Å²) in [4.78, 5) is 26.9. The molecule has 0 radical (unpaired) electrons. The Bertz CT molecular complexity index is 1850. The van der Waals surface area contributed by atoms with Crippen LogP contribution in [0.5, 0.6) is 0 Å². The number of hydrogen-bond acceptors (Lipinski definition) is 6. The first-order valence-corrected chi connectivity index (χ1v) is 11.6. The number of nitrogens with two attached hydrogens (primary N) is 2. The van der Waals surface area contributed by atoms with Crippen LogP contribution in [0.2, 0.25) is 0 Å². The molecule has 35 heavy (non-hydrogen) atoms. The van der Waals surface area contributed by atoms with E-state index in [4.69, 9.17) is 16.3 Å². The Morgan fingerprint density at radius 1 is 0.971 bits per heavy atom. The standard InChI is InChI=1S/C26H21N5O4/c1-25-26(34,11-27)10-16(35-25)29-14-8-4-2-6-12(14)17-19-20(24(33)31(28)23(19)32)18-13-7-3-5-9-15(13)30(25)22(18)21(17)29/h2-9,16,34H,10-11,27-28H2,1H3/t16-,25+,26-/m1/s1. The minimum absolute atomic E-state index is 0.00931. The highest BCUT2D eigenvalue weighted by Crippen LogP contribution is 2.57. The Morgan fingerprint density at radius 3 is 2.20 bits per heavy atom. The van der Waals surface area contributed by atoms with Crippen LogP contribution in [0.4, 0.5) is 0 Å². The van der Waals surface area contributed by atoms with E-state index in [1.165, 1.54) is 0 Å². The average Bonchev–Trinajstić information content (AvgIpc) is 3.50. The number of nitrogens with zero attached hydrogens (tertiary/aromatic N) is 3. The smallest absolute Gasteiger partial charge is 0.276 e. The molecular formula is C26H21N5O4. The van der Waals surface area contributed by atoms with Gasteiger partial charge in [0.2, 0.25) is 0 Å². The molecule has 5 heterocycles. The zero-order chi connectivity index (χ0) is 24.0. The number of carbonyl (C=O) groups excluding carboxylic acids is 2. The molecule has 5 N–H and O–H groups in total. The molecular weight excluding hydrogens is 446 g/mol. The van der Waals surface area contributed by atoms with E-state index in [9.17, 15) is 14.7 Å². The molecule has 2 bridgehead atoms. The first-order chi connectivity index (χ1) is 16.8. The van der Waals surface area contributed by atoms with Gasteiger partial charge in [-0.25, -0.2) is 10.9 Å². The third-order valence-electron chi connectivity index (χ3n) is 8.42. The Balaban J connectivity index is 1.78. The molecule has 0 spiro atoms. The van der Waals surface area contributed by atoms with E-state index in [1.807, 2.05) is 60.0 Å². The number of imide groups is 1. The van der Waals surface area contributed by atoms with Gasteiger partial charge in [0.25, 0.3) is 11.8 Å². The Labute approximate surface area is 198 Å². The van der Waals surface area contributed by atoms with Gasteiger partial charge in [-0.1, -0.05) is 36.4 Å². The quantitative estimate of drug-likeness (QED) is 0.198. The summed E-state index contributed by atoms with van der Waals surface area (Å²) in [6.07, 6.45) is -0.258. The second kappa shape index (κ2) is 5.72.